The van der Waals surface area contributed by atoms with Crippen molar-refractivity contribution >= 4 is 11.7 Å². The van der Waals surface area contributed by atoms with Crippen LogP contribution in [0.15, 0.2) is 65.3 Å². The number of furan rings is 1. The topological polar surface area (TPSA) is 105 Å². The summed E-state index contributed by atoms with van der Waals surface area (Å²) in [5.41, 5.74) is 7.97. The number of rotatable bonds is 7. The van der Waals surface area contributed by atoms with Crippen molar-refractivity contribution in [1.82, 2.24) is 21.2 Å². The molecule has 154 valence electrons. The first-order chi connectivity index (χ1) is 14.6. The molecule has 1 saturated heterocycles. The van der Waals surface area contributed by atoms with Gasteiger partial charge in [-0.05, 0) is 61.0 Å². The van der Waals surface area contributed by atoms with E-state index in [2.05, 4.69) is 21.2 Å². The van der Waals surface area contributed by atoms with Crippen LogP contribution in [0, 0.1) is 0 Å². The van der Waals surface area contributed by atoms with E-state index in [1.165, 1.54) is 6.92 Å². The lowest BCUT2D eigenvalue weighted by Crippen LogP contribution is -2.44. The van der Waals surface area contributed by atoms with E-state index in [-0.39, 0.29) is 36.3 Å². The summed E-state index contributed by atoms with van der Waals surface area (Å²) in [7, 11) is 0. The Bertz CT molecular complexity index is 1020. The molecule has 2 unspecified atom stereocenters. The van der Waals surface area contributed by atoms with Crippen molar-refractivity contribution in [2.75, 3.05) is 0 Å². The van der Waals surface area contributed by atoms with E-state index in [0.29, 0.717) is 23.5 Å². The highest BCUT2D eigenvalue weighted by molar-refractivity contribution is 5.94. The zero-order chi connectivity index (χ0) is 20.9. The summed E-state index contributed by atoms with van der Waals surface area (Å²) < 4.78 is 11.3. The van der Waals surface area contributed by atoms with Crippen molar-refractivity contribution in [1.29, 1.82) is 0 Å². The molecule has 0 radical (unpaired) electrons. The van der Waals surface area contributed by atoms with E-state index in [1.807, 2.05) is 12.1 Å². The monoisotopic (exact) mass is 406 g/mol. The Labute approximate surface area is 173 Å². The first-order valence-corrected chi connectivity index (χ1v) is 9.63. The standard InChI is InChI=1S/C22H22N4O4/c1-14(27)15-2-4-17(5-3-15)29-13-18-6-7-20(30-18)22(28)24-21-12-19(25-26-21)16-8-10-23-11-9-16/h2-11,19,21,25-26H,12-13H2,1H3,(H,24,28). The molecule has 1 aromatic carbocycles. The van der Waals surface area contributed by atoms with Gasteiger partial charge in [-0.25, -0.2) is 10.9 Å². The van der Waals surface area contributed by atoms with Gasteiger partial charge < -0.3 is 14.5 Å². The van der Waals surface area contributed by atoms with Crippen LogP contribution in [-0.4, -0.2) is 22.8 Å². The zero-order valence-electron chi connectivity index (χ0n) is 16.4. The number of pyridine rings is 1. The van der Waals surface area contributed by atoms with Gasteiger partial charge in [0, 0.05) is 30.4 Å². The Morgan fingerprint density at radius 1 is 1.10 bits per heavy atom. The van der Waals surface area contributed by atoms with Crippen LogP contribution in [0.5, 0.6) is 5.75 Å². The zero-order valence-corrected chi connectivity index (χ0v) is 16.4. The van der Waals surface area contributed by atoms with E-state index in [4.69, 9.17) is 9.15 Å². The molecule has 3 N–H and O–H groups in total. The molecule has 1 aliphatic rings. The number of ether oxygens (including phenoxy) is 1. The Balaban J connectivity index is 1.28. The molecule has 0 spiro atoms. The minimum atomic E-state index is -0.304. The van der Waals surface area contributed by atoms with Crippen molar-refractivity contribution in [2.24, 2.45) is 0 Å². The van der Waals surface area contributed by atoms with E-state index in [9.17, 15) is 9.59 Å². The fourth-order valence-corrected chi connectivity index (χ4v) is 3.21. The third-order valence-corrected chi connectivity index (χ3v) is 4.84. The van der Waals surface area contributed by atoms with Gasteiger partial charge in [-0.1, -0.05) is 0 Å². The maximum absolute atomic E-state index is 12.5. The maximum Gasteiger partial charge on any atom is 0.288 e. The minimum absolute atomic E-state index is 0.00212. The maximum atomic E-state index is 12.5. The average molecular weight is 406 g/mol. The van der Waals surface area contributed by atoms with Crippen LogP contribution in [0.25, 0.3) is 0 Å². The number of Topliss-reactive ketones (excluding diaryl/α,β-unsaturated/α-hetero) is 1. The fraction of sp³-hybridized carbons (Fsp3) is 0.227. The van der Waals surface area contributed by atoms with Crippen molar-refractivity contribution in [3.63, 3.8) is 0 Å². The van der Waals surface area contributed by atoms with E-state index >= 15 is 0 Å². The van der Waals surface area contributed by atoms with Gasteiger partial charge in [-0.2, -0.15) is 0 Å². The third-order valence-electron chi connectivity index (χ3n) is 4.84. The van der Waals surface area contributed by atoms with Crippen LogP contribution >= 0.6 is 0 Å². The van der Waals surface area contributed by atoms with E-state index in [1.54, 1.807) is 48.8 Å². The number of hydrazine groups is 1. The first kappa shape index (κ1) is 19.8. The number of amides is 1. The number of hydrogen-bond acceptors (Lipinski definition) is 7. The SMILES string of the molecule is CC(=O)c1ccc(OCc2ccc(C(=O)NC3CC(c4ccncc4)NN3)o2)cc1. The normalized spacial score (nSPS) is 18.2. The highest BCUT2D eigenvalue weighted by Crippen LogP contribution is 2.21. The van der Waals surface area contributed by atoms with Gasteiger partial charge in [0.05, 0.1) is 6.17 Å². The molecular formula is C22H22N4O4. The largest absolute Gasteiger partial charge is 0.486 e. The van der Waals surface area contributed by atoms with Gasteiger partial charge in [0.25, 0.3) is 5.91 Å². The van der Waals surface area contributed by atoms with Gasteiger partial charge in [-0.15, -0.1) is 0 Å². The summed E-state index contributed by atoms with van der Waals surface area (Å²) in [6.45, 7) is 1.70. The van der Waals surface area contributed by atoms with E-state index in [0.717, 1.165) is 5.56 Å². The number of aromatic nitrogens is 1. The molecule has 0 saturated carbocycles. The molecule has 0 aliphatic carbocycles. The smallest absolute Gasteiger partial charge is 0.288 e. The first-order valence-electron chi connectivity index (χ1n) is 9.63. The summed E-state index contributed by atoms with van der Waals surface area (Å²) in [4.78, 5) is 27.8. The number of nitrogens with zero attached hydrogens (tertiary/aromatic N) is 1. The number of carbonyl (C=O) groups is 2. The predicted octanol–water partition coefficient (Wildman–Crippen LogP) is 2.75. The lowest BCUT2D eigenvalue weighted by atomic mass is 10.1. The van der Waals surface area contributed by atoms with Gasteiger partial charge >= 0.3 is 0 Å². The number of ketones is 1. The summed E-state index contributed by atoms with van der Waals surface area (Å²) in [6.07, 6.45) is 3.96. The molecule has 3 aromatic rings. The highest BCUT2D eigenvalue weighted by atomic mass is 16.5. The molecule has 4 rings (SSSR count). The van der Waals surface area contributed by atoms with Crippen LogP contribution in [0.1, 0.15) is 51.6 Å². The second kappa shape index (κ2) is 8.89. The van der Waals surface area contributed by atoms with Crippen LogP contribution in [0.4, 0.5) is 0 Å². The minimum Gasteiger partial charge on any atom is -0.486 e. The number of hydrogen-bond donors (Lipinski definition) is 3. The van der Waals surface area contributed by atoms with Gasteiger partial charge in [0.15, 0.2) is 11.5 Å². The Morgan fingerprint density at radius 3 is 2.60 bits per heavy atom. The van der Waals surface area contributed by atoms with Crippen molar-refractivity contribution in [3.05, 3.63) is 83.6 Å². The quantitative estimate of drug-likeness (QED) is 0.518. The molecule has 2 aromatic heterocycles. The van der Waals surface area contributed by atoms with Gasteiger partial charge in [-0.3, -0.25) is 14.6 Å². The lowest BCUT2D eigenvalue weighted by molar-refractivity contribution is 0.0899. The number of carbonyl (C=O) groups excluding carboxylic acids is 2. The second-order valence-corrected chi connectivity index (χ2v) is 7.02. The molecular weight excluding hydrogens is 384 g/mol. The third kappa shape index (κ3) is 4.73. The molecule has 2 atom stereocenters. The van der Waals surface area contributed by atoms with Gasteiger partial charge in [0.1, 0.15) is 18.1 Å². The second-order valence-electron chi connectivity index (χ2n) is 7.02. The highest BCUT2D eigenvalue weighted by Gasteiger charge is 2.27. The molecule has 1 amide bonds. The summed E-state index contributed by atoms with van der Waals surface area (Å²) >= 11 is 0. The summed E-state index contributed by atoms with van der Waals surface area (Å²) in [6, 6.07) is 14.2. The Kier molecular flexibility index (Phi) is 5.87. The van der Waals surface area contributed by atoms with Crippen LogP contribution < -0.4 is 20.9 Å². The molecule has 1 fully saturated rings. The van der Waals surface area contributed by atoms with E-state index < -0.39 is 0 Å². The summed E-state index contributed by atoms with van der Waals surface area (Å²) in [5, 5.41) is 2.90. The Hall–Kier alpha value is -3.49. The lowest BCUT2D eigenvalue weighted by Gasteiger charge is -2.11. The predicted molar refractivity (Wildman–Crippen MR) is 109 cm³/mol. The fourth-order valence-electron chi connectivity index (χ4n) is 3.21. The Morgan fingerprint density at radius 2 is 1.87 bits per heavy atom. The van der Waals surface area contributed by atoms with Crippen LogP contribution in [0.2, 0.25) is 0 Å². The average Bonchev–Trinajstić information content (AvgIpc) is 3.43. The van der Waals surface area contributed by atoms with Crippen molar-refractivity contribution < 1.29 is 18.7 Å². The molecule has 3 heterocycles. The van der Waals surface area contributed by atoms with Crippen molar-refractivity contribution in [2.45, 2.75) is 32.2 Å². The van der Waals surface area contributed by atoms with Crippen molar-refractivity contribution in [3.8, 4) is 5.75 Å². The molecule has 8 heteroatoms. The summed E-state index contributed by atoms with van der Waals surface area (Å²) in [5.74, 6) is 1.06. The number of nitrogens with one attached hydrogen (secondary N) is 3. The van der Waals surface area contributed by atoms with Crippen LogP contribution in [-0.2, 0) is 6.61 Å². The molecule has 0 bridgehead atoms. The number of benzene rings is 1. The van der Waals surface area contributed by atoms with Gasteiger partial charge in [0.2, 0.25) is 0 Å². The van der Waals surface area contributed by atoms with Crippen LogP contribution in [0.3, 0.4) is 0 Å². The molecule has 30 heavy (non-hydrogen) atoms. The molecule has 1 aliphatic heterocycles. The molecule has 8 nitrogen and oxygen atoms in total.